The van der Waals surface area contributed by atoms with Gasteiger partial charge in [-0.2, -0.15) is 0 Å². The van der Waals surface area contributed by atoms with E-state index in [2.05, 4.69) is 16.0 Å². The lowest BCUT2D eigenvalue weighted by Crippen LogP contribution is -2.51. The molecule has 0 saturated heterocycles. The molecular formula is C17H24N4O6. The Morgan fingerprint density at radius 3 is 2.00 bits per heavy atom. The molecule has 0 aliphatic rings. The van der Waals surface area contributed by atoms with E-state index in [-0.39, 0.29) is 5.69 Å². The number of nitro groups is 1. The molecule has 27 heavy (non-hydrogen) atoms. The number of nitrogens with zero attached hydrogens (tertiary/aromatic N) is 1. The Labute approximate surface area is 156 Å². The highest BCUT2D eigenvalue weighted by molar-refractivity contribution is 5.97. The zero-order valence-corrected chi connectivity index (χ0v) is 15.9. The minimum Gasteiger partial charge on any atom is -0.444 e. The molecule has 0 saturated carbocycles. The van der Waals surface area contributed by atoms with Crippen LogP contribution in [0.3, 0.4) is 0 Å². The van der Waals surface area contributed by atoms with E-state index in [1.807, 2.05) is 0 Å². The summed E-state index contributed by atoms with van der Waals surface area (Å²) in [6.07, 6.45) is -0.742. The van der Waals surface area contributed by atoms with Crippen LogP contribution in [-0.4, -0.2) is 40.5 Å². The summed E-state index contributed by atoms with van der Waals surface area (Å²) in [7, 11) is 0. The van der Waals surface area contributed by atoms with E-state index in [0.29, 0.717) is 5.69 Å². The first-order chi connectivity index (χ1) is 12.4. The molecular weight excluding hydrogens is 356 g/mol. The number of carbonyl (C=O) groups excluding carboxylic acids is 3. The standard InChI is InChI=1S/C17H24N4O6/c1-10(15(23)20-12-6-8-13(9-7-12)21(25)26)18-14(22)11(2)19-16(24)27-17(3,4)5/h6-11H,1-5H3,(H,18,22)(H,19,24)(H,20,23). The number of ether oxygens (including phenoxy) is 1. The zero-order chi connectivity index (χ0) is 20.8. The molecule has 0 aliphatic heterocycles. The summed E-state index contributed by atoms with van der Waals surface area (Å²) < 4.78 is 5.06. The van der Waals surface area contributed by atoms with Crippen molar-refractivity contribution in [3.63, 3.8) is 0 Å². The average Bonchev–Trinajstić information content (AvgIpc) is 2.53. The van der Waals surface area contributed by atoms with Crippen molar-refractivity contribution in [3.8, 4) is 0 Å². The summed E-state index contributed by atoms with van der Waals surface area (Å²) in [5, 5.41) is 18.0. The van der Waals surface area contributed by atoms with Gasteiger partial charge in [0.2, 0.25) is 11.8 Å². The second-order valence-electron chi connectivity index (χ2n) is 6.89. The number of hydrogen-bond donors (Lipinski definition) is 3. The summed E-state index contributed by atoms with van der Waals surface area (Å²) in [4.78, 5) is 46.0. The van der Waals surface area contributed by atoms with Crippen LogP contribution in [0, 0.1) is 10.1 Å². The van der Waals surface area contributed by atoms with E-state index in [9.17, 15) is 24.5 Å². The number of anilines is 1. The monoisotopic (exact) mass is 380 g/mol. The van der Waals surface area contributed by atoms with Crippen LogP contribution >= 0.6 is 0 Å². The van der Waals surface area contributed by atoms with Gasteiger partial charge in [0.15, 0.2) is 0 Å². The van der Waals surface area contributed by atoms with Crippen molar-refractivity contribution in [2.45, 2.75) is 52.3 Å². The van der Waals surface area contributed by atoms with Gasteiger partial charge in [-0.3, -0.25) is 19.7 Å². The third-order valence-electron chi connectivity index (χ3n) is 3.22. The molecule has 0 bridgehead atoms. The number of carbonyl (C=O) groups is 3. The third-order valence-corrected chi connectivity index (χ3v) is 3.22. The Morgan fingerprint density at radius 1 is 1.00 bits per heavy atom. The average molecular weight is 380 g/mol. The fourth-order valence-electron chi connectivity index (χ4n) is 1.87. The Balaban J connectivity index is 2.54. The summed E-state index contributed by atoms with van der Waals surface area (Å²) in [6.45, 7) is 8.02. The highest BCUT2D eigenvalue weighted by Gasteiger charge is 2.23. The summed E-state index contributed by atoms with van der Waals surface area (Å²) >= 11 is 0. The van der Waals surface area contributed by atoms with Crippen LogP contribution in [0.1, 0.15) is 34.6 Å². The van der Waals surface area contributed by atoms with Crippen LogP contribution in [-0.2, 0) is 14.3 Å². The van der Waals surface area contributed by atoms with Crippen LogP contribution in [0.2, 0.25) is 0 Å². The Kier molecular flexibility index (Phi) is 7.26. The molecule has 0 fully saturated rings. The minimum absolute atomic E-state index is 0.101. The van der Waals surface area contributed by atoms with Crippen LogP contribution in [0.5, 0.6) is 0 Å². The van der Waals surface area contributed by atoms with Gasteiger partial charge in [0.05, 0.1) is 4.92 Å². The van der Waals surface area contributed by atoms with Gasteiger partial charge in [-0.15, -0.1) is 0 Å². The van der Waals surface area contributed by atoms with Gasteiger partial charge < -0.3 is 20.7 Å². The van der Waals surface area contributed by atoms with Crippen molar-refractivity contribution in [2.75, 3.05) is 5.32 Å². The highest BCUT2D eigenvalue weighted by Crippen LogP contribution is 2.15. The molecule has 3 amide bonds. The van der Waals surface area contributed by atoms with Crippen LogP contribution in [0.25, 0.3) is 0 Å². The fourth-order valence-corrected chi connectivity index (χ4v) is 1.87. The van der Waals surface area contributed by atoms with Gasteiger partial charge in [-0.25, -0.2) is 4.79 Å². The fraction of sp³-hybridized carbons (Fsp3) is 0.471. The Morgan fingerprint density at radius 2 is 1.52 bits per heavy atom. The summed E-state index contributed by atoms with van der Waals surface area (Å²) in [6, 6.07) is 3.48. The Hall–Kier alpha value is -3.17. The molecule has 0 heterocycles. The normalized spacial score (nSPS) is 13.1. The number of hydrogen-bond acceptors (Lipinski definition) is 6. The number of rotatable bonds is 6. The first-order valence-corrected chi connectivity index (χ1v) is 8.24. The van der Waals surface area contributed by atoms with Crippen LogP contribution in [0.15, 0.2) is 24.3 Å². The largest absolute Gasteiger partial charge is 0.444 e. The van der Waals surface area contributed by atoms with Gasteiger partial charge in [0.1, 0.15) is 17.7 Å². The van der Waals surface area contributed by atoms with Gasteiger partial charge in [0.25, 0.3) is 5.69 Å². The first-order valence-electron chi connectivity index (χ1n) is 8.24. The predicted octanol–water partition coefficient (Wildman–Crippen LogP) is 1.95. The topological polar surface area (TPSA) is 140 Å². The van der Waals surface area contributed by atoms with Crippen molar-refractivity contribution in [1.29, 1.82) is 0 Å². The lowest BCUT2D eigenvalue weighted by atomic mass is 10.2. The first kappa shape index (κ1) is 21.9. The smallest absolute Gasteiger partial charge is 0.408 e. The molecule has 0 aliphatic carbocycles. The number of nitro benzene ring substituents is 1. The quantitative estimate of drug-likeness (QED) is 0.509. The second-order valence-corrected chi connectivity index (χ2v) is 6.89. The molecule has 1 aromatic rings. The molecule has 0 radical (unpaired) electrons. The molecule has 2 atom stereocenters. The molecule has 1 aromatic carbocycles. The number of nitrogens with one attached hydrogen (secondary N) is 3. The van der Waals surface area contributed by atoms with Gasteiger partial charge >= 0.3 is 6.09 Å². The van der Waals surface area contributed by atoms with Crippen molar-refractivity contribution < 1.29 is 24.0 Å². The van der Waals surface area contributed by atoms with E-state index in [1.165, 1.54) is 38.1 Å². The number of amides is 3. The summed E-state index contributed by atoms with van der Waals surface area (Å²) in [5.41, 5.74) is -0.443. The van der Waals surface area contributed by atoms with E-state index in [4.69, 9.17) is 4.74 Å². The molecule has 0 aromatic heterocycles. The SMILES string of the molecule is CC(NC(=O)OC(C)(C)C)C(=O)NC(C)C(=O)Nc1ccc([N+](=O)[O-])cc1. The van der Waals surface area contributed by atoms with Crippen molar-refractivity contribution in [3.05, 3.63) is 34.4 Å². The lowest BCUT2D eigenvalue weighted by Gasteiger charge is -2.22. The molecule has 10 nitrogen and oxygen atoms in total. The molecule has 3 N–H and O–H groups in total. The molecule has 1 rings (SSSR count). The van der Waals surface area contributed by atoms with Gasteiger partial charge in [0, 0.05) is 17.8 Å². The second kappa shape index (κ2) is 8.97. The highest BCUT2D eigenvalue weighted by atomic mass is 16.6. The molecule has 148 valence electrons. The van der Waals surface area contributed by atoms with Gasteiger partial charge in [-0.05, 0) is 46.8 Å². The van der Waals surface area contributed by atoms with E-state index in [1.54, 1.807) is 20.8 Å². The maximum Gasteiger partial charge on any atom is 0.408 e. The number of non-ortho nitro benzene ring substituents is 1. The zero-order valence-electron chi connectivity index (χ0n) is 15.9. The van der Waals surface area contributed by atoms with Crippen LogP contribution in [0.4, 0.5) is 16.2 Å². The van der Waals surface area contributed by atoms with E-state index >= 15 is 0 Å². The van der Waals surface area contributed by atoms with Crippen LogP contribution < -0.4 is 16.0 Å². The maximum atomic E-state index is 12.1. The lowest BCUT2D eigenvalue weighted by molar-refractivity contribution is -0.384. The molecule has 0 spiro atoms. The van der Waals surface area contributed by atoms with Crippen molar-refractivity contribution in [2.24, 2.45) is 0 Å². The minimum atomic E-state index is -0.908. The Bertz CT molecular complexity index is 711. The van der Waals surface area contributed by atoms with Crippen molar-refractivity contribution in [1.82, 2.24) is 10.6 Å². The van der Waals surface area contributed by atoms with Gasteiger partial charge in [-0.1, -0.05) is 0 Å². The number of benzene rings is 1. The number of alkyl carbamates (subject to hydrolysis) is 1. The third kappa shape index (κ3) is 7.72. The maximum absolute atomic E-state index is 12.1. The molecule has 2 unspecified atom stereocenters. The molecule has 10 heteroatoms. The predicted molar refractivity (Wildman–Crippen MR) is 98.2 cm³/mol. The summed E-state index contributed by atoms with van der Waals surface area (Å²) in [5.74, 6) is -1.08. The van der Waals surface area contributed by atoms with E-state index < -0.39 is 40.5 Å². The van der Waals surface area contributed by atoms with E-state index in [0.717, 1.165) is 0 Å². The van der Waals surface area contributed by atoms with Crippen molar-refractivity contribution >= 4 is 29.3 Å².